The average Bonchev–Trinajstić information content (AvgIpc) is 2.52. The van der Waals surface area contributed by atoms with Crippen LogP contribution in [0.5, 0.6) is 0 Å². The first-order valence-electron chi connectivity index (χ1n) is 7.59. The van der Waals surface area contributed by atoms with E-state index in [0.29, 0.717) is 22.3 Å². The van der Waals surface area contributed by atoms with Crippen LogP contribution < -0.4 is 5.32 Å². The van der Waals surface area contributed by atoms with Crippen LogP contribution in [0.15, 0.2) is 57.9 Å². The van der Waals surface area contributed by atoms with Gasteiger partial charge in [0.15, 0.2) is 0 Å². The molecular weight excluding hydrogens is 310 g/mol. The molecule has 1 aliphatic carbocycles. The van der Waals surface area contributed by atoms with Gasteiger partial charge in [-0.3, -0.25) is 4.79 Å². The van der Waals surface area contributed by atoms with Crippen LogP contribution in [0.2, 0.25) is 0 Å². The first-order valence-corrected chi connectivity index (χ1v) is 9.51. The molecule has 2 aromatic rings. The summed E-state index contributed by atoms with van der Waals surface area (Å²) in [5, 5.41) is 3.29. The lowest BCUT2D eigenvalue weighted by Crippen LogP contribution is -2.27. The number of aromatic nitrogens is 1. The minimum Gasteiger partial charge on any atom is -0.367 e. The Balaban J connectivity index is 1.84. The number of nitrogens with one attached hydrogen (secondary N) is 1. The van der Waals surface area contributed by atoms with Crippen LogP contribution in [-0.2, 0) is 9.73 Å². The van der Waals surface area contributed by atoms with E-state index in [9.17, 15) is 9.00 Å². The minimum atomic E-state index is -2.75. The summed E-state index contributed by atoms with van der Waals surface area (Å²) in [6.07, 6.45) is 6.53. The van der Waals surface area contributed by atoms with Crippen molar-refractivity contribution in [1.82, 2.24) is 4.98 Å². The van der Waals surface area contributed by atoms with Crippen molar-refractivity contribution in [3.8, 4) is 0 Å². The van der Waals surface area contributed by atoms with Gasteiger partial charge in [-0.15, -0.1) is 0 Å². The van der Waals surface area contributed by atoms with E-state index in [1.807, 2.05) is 6.07 Å². The van der Waals surface area contributed by atoms with E-state index < -0.39 is 15.6 Å². The van der Waals surface area contributed by atoms with Gasteiger partial charge in [0, 0.05) is 29.0 Å². The highest BCUT2D eigenvalue weighted by atomic mass is 32.2. The number of benzene rings is 1. The van der Waals surface area contributed by atoms with Gasteiger partial charge in [-0.25, -0.2) is 9.19 Å². The largest absolute Gasteiger partial charge is 0.367 e. The van der Waals surface area contributed by atoms with Crippen LogP contribution in [0.1, 0.15) is 29.6 Å². The van der Waals surface area contributed by atoms with E-state index in [4.69, 9.17) is 0 Å². The van der Waals surface area contributed by atoms with E-state index in [-0.39, 0.29) is 0 Å². The van der Waals surface area contributed by atoms with Crippen molar-refractivity contribution in [3.05, 3.63) is 54.2 Å². The fraction of sp³-hybridized carbons (Fsp3) is 0.294. The van der Waals surface area contributed by atoms with Crippen LogP contribution >= 0.6 is 0 Å². The number of carbonyl (C=O) groups is 1. The third kappa shape index (κ3) is 3.76. The molecule has 0 saturated heterocycles. The number of pyridine rings is 1. The molecule has 0 aliphatic heterocycles. The molecule has 0 bridgehead atoms. The van der Waals surface area contributed by atoms with Crippen LogP contribution in [0.4, 0.5) is 5.82 Å². The number of amides is 1. The maximum atomic E-state index is 12.7. The number of hydrogen-bond acceptors (Lipinski definition) is 4. The highest BCUT2D eigenvalue weighted by Gasteiger charge is 2.18. The number of rotatable bonds is 4. The molecule has 1 aliphatic rings. The molecule has 120 valence electrons. The van der Waals surface area contributed by atoms with E-state index in [0.717, 1.165) is 12.8 Å². The second-order valence-corrected chi connectivity index (χ2v) is 7.97. The zero-order valence-electron chi connectivity index (χ0n) is 12.9. The number of hydrogen-bond donors (Lipinski definition) is 1. The molecule has 1 saturated carbocycles. The Morgan fingerprint density at radius 2 is 2.00 bits per heavy atom. The average molecular weight is 329 g/mol. The Bertz CT molecular complexity index is 823. The summed E-state index contributed by atoms with van der Waals surface area (Å²) < 4.78 is 16.6. The number of nitrogens with zero attached hydrogens (tertiary/aromatic N) is 2. The standard InChI is InChI=1S/C17H19N3O2S/c1-23(22,15-8-3-2-4-9-15)20-17(21)13-10-11-18-16(12-13)19-14-6-5-7-14/h2-4,8-12,14H,5-7H2,1H3,(H,18,19). The summed E-state index contributed by atoms with van der Waals surface area (Å²) in [6, 6.07) is 12.5. The minimum absolute atomic E-state index is 0.396. The lowest BCUT2D eigenvalue weighted by Gasteiger charge is -2.26. The smallest absolute Gasteiger partial charge is 0.285 e. The van der Waals surface area contributed by atoms with Crippen LogP contribution in [0, 0.1) is 0 Å². The maximum absolute atomic E-state index is 12.7. The van der Waals surface area contributed by atoms with Gasteiger partial charge in [-0.2, -0.15) is 4.36 Å². The summed E-state index contributed by atoms with van der Waals surface area (Å²) in [5.41, 5.74) is 0.396. The Kier molecular flexibility index (Phi) is 4.43. The normalized spacial score (nSPS) is 16.9. The monoisotopic (exact) mass is 329 g/mol. The third-order valence-corrected chi connectivity index (χ3v) is 5.56. The van der Waals surface area contributed by atoms with Gasteiger partial charge in [0.05, 0.1) is 9.73 Å². The molecule has 6 heteroatoms. The highest BCUT2D eigenvalue weighted by molar-refractivity contribution is 7.93. The van der Waals surface area contributed by atoms with Crippen molar-refractivity contribution in [2.45, 2.75) is 30.2 Å². The maximum Gasteiger partial charge on any atom is 0.285 e. The Morgan fingerprint density at radius 3 is 2.65 bits per heavy atom. The fourth-order valence-corrected chi connectivity index (χ4v) is 3.53. The van der Waals surface area contributed by atoms with Crippen LogP contribution in [-0.4, -0.2) is 27.4 Å². The van der Waals surface area contributed by atoms with E-state index >= 15 is 0 Å². The molecule has 1 fully saturated rings. The fourth-order valence-electron chi connectivity index (χ4n) is 2.34. The van der Waals surface area contributed by atoms with Gasteiger partial charge in [0.2, 0.25) is 0 Å². The lowest BCUT2D eigenvalue weighted by molar-refractivity contribution is 0.100. The van der Waals surface area contributed by atoms with Crippen molar-refractivity contribution < 1.29 is 9.00 Å². The van der Waals surface area contributed by atoms with Crippen molar-refractivity contribution >= 4 is 21.5 Å². The van der Waals surface area contributed by atoms with Gasteiger partial charge in [0.1, 0.15) is 5.82 Å². The molecular formula is C17H19N3O2S. The molecule has 1 aromatic carbocycles. The molecule has 1 unspecified atom stereocenters. The molecule has 1 aromatic heterocycles. The molecule has 23 heavy (non-hydrogen) atoms. The van der Waals surface area contributed by atoms with Gasteiger partial charge in [-0.1, -0.05) is 18.2 Å². The van der Waals surface area contributed by atoms with Gasteiger partial charge >= 0.3 is 0 Å². The zero-order valence-corrected chi connectivity index (χ0v) is 13.8. The van der Waals surface area contributed by atoms with Crippen LogP contribution in [0.3, 0.4) is 0 Å². The van der Waals surface area contributed by atoms with Crippen LogP contribution in [0.25, 0.3) is 0 Å². The highest BCUT2D eigenvalue weighted by Crippen LogP contribution is 2.22. The van der Waals surface area contributed by atoms with E-state index in [1.165, 1.54) is 12.7 Å². The first kappa shape index (κ1) is 15.7. The predicted octanol–water partition coefficient (Wildman–Crippen LogP) is 3.34. The zero-order chi connectivity index (χ0) is 16.3. The van der Waals surface area contributed by atoms with Gasteiger partial charge in [0.25, 0.3) is 5.91 Å². The van der Waals surface area contributed by atoms with Crippen molar-refractivity contribution in [3.63, 3.8) is 0 Å². The molecule has 0 spiro atoms. The summed E-state index contributed by atoms with van der Waals surface area (Å²) in [5.74, 6) is 0.179. The number of carbonyl (C=O) groups excluding carboxylic acids is 1. The molecule has 1 heterocycles. The molecule has 3 rings (SSSR count). The Morgan fingerprint density at radius 1 is 1.26 bits per heavy atom. The molecule has 5 nitrogen and oxygen atoms in total. The van der Waals surface area contributed by atoms with Crippen molar-refractivity contribution in [1.29, 1.82) is 0 Å². The van der Waals surface area contributed by atoms with Crippen molar-refractivity contribution in [2.75, 3.05) is 11.6 Å². The summed E-state index contributed by atoms with van der Waals surface area (Å²) in [7, 11) is -2.75. The van der Waals surface area contributed by atoms with Gasteiger partial charge in [-0.05, 0) is 43.5 Å². The quantitative estimate of drug-likeness (QED) is 0.934. The lowest BCUT2D eigenvalue weighted by atomic mass is 9.93. The topological polar surface area (TPSA) is 71.4 Å². The predicted molar refractivity (Wildman–Crippen MR) is 91.0 cm³/mol. The SMILES string of the molecule is CS(=O)(=NC(=O)c1ccnc(NC2CCC2)c1)c1ccccc1. The molecule has 1 atom stereocenters. The Hall–Kier alpha value is -2.21. The van der Waals surface area contributed by atoms with Crippen molar-refractivity contribution in [2.24, 2.45) is 4.36 Å². The summed E-state index contributed by atoms with van der Waals surface area (Å²) in [4.78, 5) is 17.1. The summed E-state index contributed by atoms with van der Waals surface area (Å²) >= 11 is 0. The second kappa shape index (κ2) is 6.50. The van der Waals surface area contributed by atoms with Gasteiger partial charge < -0.3 is 5.32 Å². The summed E-state index contributed by atoms with van der Waals surface area (Å²) in [6.45, 7) is 0. The number of anilines is 1. The first-order chi connectivity index (χ1) is 11.0. The van der Waals surface area contributed by atoms with E-state index in [2.05, 4.69) is 14.7 Å². The molecule has 1 N–H and O–H groups in total. The second-order valence-electron chi connectivity index (χ2n) is 5.71. The molecule has 1 amide bonds. The third-order valence-electron chi connectivity index (χ3n) is 3.90. The van der Waals surface area contributed by atoms with E-state index in [1.54, 1.807) is 42.6 Å². The molecule has 0 radical (unpaired) electrons. The Labute approximate surface area is 136 Å².